The Morgan fingerprint density at radius 1 is 1.38 bits per heavy atom. The molecule has 1 aliphatic rings. The van der Waals surface area contributed by atoms with Gasteiger partial charge in [0.25, 0.3) is 0 Å². The van der Waals surface area contributed by atoms with Crippen molar-refractivity contribution in [3.05, 3.63) is 30.1 Å². The third-order valence-electron chi connectivity index (χ3n) is 3.47. The van der Waals surface area contributed by atoms with Crippen LogP contribution in [-0.2, 0) is 0 Å². The zero-order chi connectivity index (χ0) is 11.5. The molecule has 0 aliphatic carbocycles. The first-order chi connectivity index (χ1) is 7.72. The Hall–Kier alpha value is -1.09. The standard InChI is InChI=1S/C13H19FN2/c1-10-9-16(8-7-12(10)15-2)13-6-4-3-5-11(13)14/h3-6,10,12,15H,7-9H2,1-2H3. The molecule has 0 amide bonds. The minimum absolute atomic E-state index is 0.113. The number of para-hydroxylation sites is 1. The van der Waals surface area contributed by atoms with Crippen LogP contribution in [0.1, 0.15) is 13.3 Å². The van der Waals surface area contributed by atoms with Crippen LogP contribution < -0.4 is 10.2 Å². The van der Waals surface area contributed by atoms with Crippen molar-refractivity contribution >= 4 is 5.69 Å². The molecule has 0 radical (unpaired) electrons. The van der Waals surface area contributed by atoms with Crippen molar-refractivity contribution in [3.8, 4) is 0 Å². The summed E-state index contributed by atoms with van der Waals surface area (Å²) in [4.78, 5) is 2.15. The van der Waals surface area contributed by atoms with Gasteiger partial charge in [0, 0.05) is 19.1 Å². The van der Waals surface area contributed by atoms with Crippen LogP contribution in [0.25, 0.3) is 0 Å². The number of hydrogen-bond donors (Lipinski definition) is 1. The average Bonchev–Trinajstić information content (AvgIpc) is 2.29. The first-order valence-electron chi connectivity index (χ1n) is 5.89. The van der Waals surface area contributed by atoms with E-state index < -0.39 is 0 Å². The maximum absolute atomic E-state index is 13.6. The summed E-state index contributed by atoms with van der Waals surface area (Å²) in [5.74, 6) is 0.441. The molecule has 1 aromatic rings. The van der Waals surface area contributed by atoms with Gasteiger partial charge < -0.3 is 10.2 Å². The molecule has 1 saturated heterocycles. The van der Waals surface area contributed by atoms with Gasteiger partial charge >= 0.3 is 0 Å². The van der Waals surface area contributed by atoms with Crippen LogP contribution in [0.2, 0.25) is 0 Å². The highest BCUT2D eigenvalue weighted by Gasteiger charge is 2.25. The van der Waals surface area contributed by atoms with Gasteiger partial charge in [-0.15, -0.1) is 0 Å². The van der Waals surface area contributed by atoms with Crippen molar-refractivity contribution in [2.24, 2.45) is 5.92 Å². The predicted octanol–water partition coefficient (Wildman–Crippen LogP) is 2.26. The van der Waals surface area contributed by atoms with Crippen molar-refractivity contribution in [2.75, 3.05) is 25.0 Å². The lowest BCUT2D eigenvalue weighted by Crippen LogP contribution is -2.47. The summed E-state index contributed by atoms with van der Waals surface area (Å²) < 4.78 is 13.6. The Labute approximate surface area is 96.5 Å². The minimum atomic E-state index is -0.113. The van der Waals surface area contributed by atoms with Gasteiger partial charge in [-0.05, 0) is 31.5 Å². The molecule has 0 spiro atoms. The molecule has 1 aliphatic heterocycles. The predicted molar refractivity (Wildman–Crippen MR) is 65.2 cm³/mol. The Morgan fingerprint density at radius 3 is 2.75 bits per heavy atom. The number of piperidine rings is 1. The van der Waals surface area contributed by atoms with E-state index in [1.165, 1.54) is 6.07 Å². The molecule has 0 aromatic heterocycles. The molecule has 16 heavy (non-hydrogen) atoms. The molecular weight excluding hydrogens is 203 g/mol. The first-order valence-corrected chi connectivity index (χ1v) is 5.89. The van der Waals surface area contributed by atoms with E-state index in [1.807, 2.05) is 19.2 Å². The van der Waals surface area contributed by atoms with E-state index in [1.54, 1.807) is 6.07 Å². The largest absolute Gasteiger partial charge is 0.369 e. The van der Waals surface area contributed by atoms with Crippen LogP contribution in [-0.4, -0.2) is 26.2 Å². The first kappa shape index (κ1) is 11.4. The summed E-state index contributed by atoms with van der Waals surface area (Å²) in [5.41, 5.74) is 0.740. The van der Waals surface area contributed by atoms with Gasteiger partial charge in [-0.25, -0.2) is 4.39 Å². The molecule has 1 heterocycles. The third kappa shape index (κ3) is 2.19. The fourth-order valence-electron chi connectivity index (χ4n) is 2.50. The van der Waals surface area contributed by atoms with Gasteiger partial charge in [0.2, 0.25) is 0 Å². The van der Waals surface area contributed by atoms with E-state index in [9.17, 15) is 4.39 Å². The second-order valence-electron chi connectivity index (χ2n) is 4.56. The van der Waals surface area contributed by atoms with E-state index in [2.05, 4.69) is 17.1 Å². The van der Waals surface area contributed by atoms with Gasteiger partial charge in [-0.1, -0.05) is 19.1 Å². The monoisotopic (exact) mass is 222 g/mol. The lowest BCUT2D eigenvalue weighted by atomic mass is 9.93. The van der Waals surface area contributed by atoms with Crippen LogP contribution in [0, 0.1) is 11.7 Å². The van der Waals surface area contributed by atoms with Crippen molar-refractivity contribution in [1.29, 1.82) is 0 Å². The maximum atomic E-state index is 13.6. The third-order valence-corrected chi connectivity index (χ3v) is 3.47. The molecule has 2 rings (SSSR count). The molecule has 2 unspecified atom stereocenters. The summed E-state index contributed by atoms with van der Waals surface area (Å²) in [5, 5.41) is 3.32. The molecule has 2 atom stereocenters. The van der Waals surface area contributed by atoms with Crippen LogP contribution in [0.15, 0.2) is 24.3 Å². The quantitative estimate of drug-likeness (QED) is 0.825. The number of nitrogens with zero attached hydrogens (tertiary/aromatic N) is 1. The number of benzene rings is 1. The topological polar surface area (TPSA) is 15.3 Å². The van der Waals surface area contributed by atoms with E-state index in [4.69, 9.17) is 0 Å². The summed E-state index contributed by atoms with van der Waals surface area (Å²) in [6.07, 6.45) is 1.08. The van der Waals surface area contributed by atoms with Crippen molar-refractivity contribution in [3.63, 3.8) is 0 Å². The number of rotatable bonds is 2. The Bertz CT molecular complexity index is 354. The van der Waals surface area contributed by atoms with Crippen molar-refractivity contribution < 1.29 is 4.39 Å². The molecule has 1 fully saturated rings. The van der Waals surface area contributed by atoms with Crippen LogP contribution >= 0.6 is 0 Å². The molecule has 0 bridgehead atoms. The highest BCUT2D eigenvalue weighted by atomic mass is 19.1. The number of hydrogen-bond acceptors (Lipinski definition) is 2. The minimum Gasteiger partial charge on any atom is -0.369 e. The summed E-state index contributed by atoms with van der Waals surface area (Å²) in [7, 11) is 2.00. The molecule has 88 valence electrons. The van der Waals surface area contributed by atoms with Crippen LogP contribution in [0.4, 0.5) is 10.1 Å². The van der Waals surface area contributed by atoms with Crippen molar-refractivity contribution in [1.82, 2.24) is 5.32 Å². The molecule has 3 heteroatoms. The lowest BCUT2D eigenvalue weighted by Gasteiger charge is -2.38. The fraction of sp³-hybridized carbons (Fsp3) is 0.538. The lowest BCUT2D eigenvalue weighted by molar-refractivity contribution is 0.337. The van der Waals surface area contributed by atoms with Crippen LogP contribution in [0.5, 0.6) is 0 Å². The number of halogens is 1. The maximum Gasteiger partial charge on any atom is 0.146 e. The molecule has 1 N–H and O–H groups in total. The van der Waals surface area contributed by atoms with Gasteiger partial charge in [-0.3, -0.25) is 0 Å². The molecular formula is C13H19FN2. The normalized spacial score (nSPS) is 25.8. The van der Waals surface area contributed by atoms with Gasteiger partial charge in [-0.2, -0.15) is 0 Å². The molecule has 1 aromatic carbocycles. The molecule has 0 saturated carbocycles. The number of nitrogens with one attached hydrogen (secondary N) is 1. The highest BCUT2D eigenvalue weighted by molar-refractivity contribution is 5.48. The van der Waals surface area contributed by atoms with E-state index in [0.717, 1.165) is 25.2 Å². The molecule has 2 nitrogen and oxygen atoms in total. The van der Waals surface area contributed by atoms with E-state index >= 15 is 0 Å². The SMILES string of the molecule is CNC1CCN(c2ccccc2F)CC1C. The van der Waals surface area contributed by atoms with E-state index in [0.29, 0.717) is 12.0 Å². The summed E-state index contributed by atoms with van der Waals surface area (Å²) in [6, 6.07) is 7.59. The van der Waals surface area contributed by atoms with E-state index in [-0.39, 0.29) is 5.82 Å². The Balaban J connectivity index is 2.11. The zero-order valence-electron chi connectivity index (χ0n) is 9.91. The second-order valence-corrected chi connectivity index (χ2v) is 4.56. The number of anilines is 1. The Morgan fingerprint density at radius 2 is 2.12 bits per heavy atom. The van der Waals surface area contributed by atoms with Gasteiger partial charge in [0.05, 0.1) is 5.69 Å². The summed E-state index contributed by atoms with van der Waals surface area (Å²) in [6.45, 7) is 4.07. The second kappa shape index (κ2) is 4.83. The van der Waals surface area contributed by atoms with Gasteiger partial charge in [0.15, 0.2) is 0 Å². The fourth-order valence-corrected chi connectivity index (χ4v) is 2.50. The smallest absolute Gasteiger partial charge is 0.146 e. The van der Waals surface area contributed by atoms with Crippen molar-refractivity contribution in [2.45, 2.75) is 19.4 Å². The van der Waals surface area contributed by atoms with Gasteiger partial charge in [0.1, 0.15) is 5.82 Å². The summed E-state index contributed by atoms with van der Waals surface area (Å²) >= 11 is 0. The zero-order valence-corrected chi connectivity index (χ0v) is 9.91. The highest BCUT2D eigenvalue weighted by Crippen LogP contribution is 2.25. The average molecular weight is 222 g/mol. The Kier molecular flexibility index (Phi) is 3.44. The van der Waals surface area contributed by atoms with Crippen LogP contribution in [0.3, 0.4) is 0 Å².